The highest BCUT2D eigenvalue weighted by Gasteiger charge is 2.32. The van der Waals surface area contributed by atoms with Crippen LogP contribution in [-0.4, -0.2) is 29.3 Å². The first kappa shape index (κ1) is 9.46. The molecule has 76 valence electrons. The van der Waals surface area contributed by atoms with Gasteiger partial charge in [-0.25, -0.2) is 0 Å². The number of aliphatic hydroxyl groups excluding tert-OH is 1. The number of likely N-dealkylation sites (N-methyl/N-ethyl adjacent to an activating group) is 1. The van der Waals surface area contributed by atoms with Gasteiger partial charge in [0.15, 0.2) is 0 Å². The molecular formula is C11H16N2O. The van der Waals surface area contributed by atoms with Crippen LogP contribution in [0, 0.1) is 6.92 Å². The quantitative estimate of drug-likeness (QED) is 0.768. The second-order valence-corrected chi connectivity index (χ2v) is 3.98. The van der Waals surface area contributed by atoms with Crippen LogP contribution < -0.4 is 4.90 Å². The van der Waals surface area contributed by atoms with E-state index in [1.54, 1.807) is 0 Å². The van der Waals surface area contributed by atoms with Crippen LogP contribution in [0.1, 0.15) is 18.5 Å². The number of aromatic nitrogens is 1. The Kier molecular flexibility index (Phi) is 2.42. The zero-order valence-electron chi connectivity index (χ0n) is 8.64. The molecule has 1 fully saturated rings. The maximum Gasteiger partial charge on any atom is 0.0744 e. The van der Waals surface area contributed by atoms with Gasteiger partial charge in [0.25, 0.3) is 0 Å². The average molecular weight is 192 g/mol. The second-order valence-electron chi connectivity index (χ2n) is 3.98. The maximum atomic E-state index is 9.55. The number of anilines is 1. The smallest absolute Gasteiger partial charge is 0.0744 e. The van der Waals surface area contributed by atoms with Crippen LogP contribution in [0.4, 0.5) is 5.69 Å². The molecule has 3 heteroatoms. The van der Waals surface area contributed by atoms with Gasteiger partial charge in [0.1, 0.15) is 0 Å². The molecule has 0 radical (unpaired) electrons. The Labute approximate surface area is 84.4 Å². The average Bonchev–Trinajstić information content (AvgIpc) is 2.15. The molecule has 0 saturated heterocycles. The van der Waals surface area contributed by atoms with Gasteiger partial charge in [0.2, 0.25) is 0 Å². The van der Waals surface area contributed by atoms with Crippen molar-refractivity contribution in [2.24, 2.45) is 0 Å². The summed E-state index contributed by atoms with van der Waals surface area (Å²) in [4.78, 5) is 6.30. The van der Waals surface area contributed by atoms with E-state index in [9.17, 15) is 5.11 Å². The minimum atomic E-state index is -0.159. The molecule has 2 rings (SSSR count). The predicted octanol–water partition coefficient (Wildman–Crippen LogP) is 1.35. The third kappa shape index (κ3) is 1.60. The lowest BCUT2D eigenvalue weighted by molar-refractivity contribution is 0.0668. The van der Waals surface area contributed by atoms with Crippen LogP contribution >= 0.6 is 0 Å². The Morgan fingerprint density at radius 2 is 2.29 bits per heavy atom. The third-order valence-corrected chi connectivity index (χ3v) is 2.99. The first-order valence-corrected chi connectivity index (χ1v) is 5.02. The van der Waals surface area contributed by atoms with Crippen LogP contribution in [0.2, 0.25) is 0 Å². The molecule has 1 N–H and O–H groups in total. The summed E-state index contributed by atoms with van der Waals surface area (Å²) in [5, 5.41) is 9.55. The minimum absolute atomic E-state index is 0.159. The van der Waals surface area contributed by atoms with E-state index in [0.717, 1.165) is 24.2 Å². The molecule has 0 spiro atoms. The van der Waals surface area contributed by atoms with Crippen molar-refractivity contribution in [1.29, 1.82) is 0 Å². The molecule has 1 aromatic heterocycles. The zero-order chi connectivity index (χ0) is 10.1. The molecule has 1 heterocycles. The maximum absolute atomic E-state index is 9.55. The second kappa shape index (κ2) is 3.58. The van der Waals surface area contributed by atoms with Gasteiger partial charge >= 0.3 is 0 Å². The minimum Gasteiger partial charge on any atom is -0.391 e. The van der Waals surface area contributed by atoms with Crippen LogP contribution in [0.3, 0.4) is 0 Å². The van der Waals surface area contributed by atoms with Crippen molar-refractivity contribution < 1.29 is 5.11 Å². The van der Waals surface area contributed by atoms with Gasteiger partial charge in [-0.3, -0.25) is 4.98 Å². The number of hydrogen-bond acceptors (Lipinski definition) is 3. The molecule has 0 bridgehead atoms. The summed E-state index contributed by atoms with van der Waals surface area (Å²) in [5.74, 6) is 0. The molecule has 2 atom stereocenters. The Morgan fingerprint density at radius 1 is 1.50 bits per heavy atom. The molecule has 0 amide bonds. The lowest BCUT2D eigenvalue weighted by Gasteiger charge is -2.40. The number of rotatable bonds is 2. The summed E-state index contributed by atoms with van der Waals surface area (Å²) < 4.78 is 0. The van der Waals surface area contributed by atoms with Crippen molar-refractivity contribution in [1.82, 2.24) is 4.98 Å². The van der Waals surface area contributed by atoms with E-state index in [4.69, 9.17) is 0 Å². The molecule has 0 aliphatic heterocycles. The highest BCUT2D eigenvalue weighted by molar-refractivity contribution is 5.47. The molecule has 1 saturated carbocycles. The summed E-state index contributed by atoms with van der Waals surface area (Å²) >= 11 is 0. The lowest BCUT2D eigenvalue weighted by Crippen LogP contribution is -2.49. The highest BCUT2D eigenvalue weighted by Crippen LogP contribution is 2.28. The summed E-state index contributed by atoms with van der Waals surface area (Å²) in [7, 11) is 2.03. The third-order valence-electron chi connectivity index (χ3n) is 2.99. The fourth-order valence-corrected chi connectivity index (χ4v) is 1.86. The number of hydrogen-bond donors (Lipinski definition) is 1. The van der Waals surface area contributed by atoms with Crippen LogP contribution in [0.15, 0.2) is 18.3 Å². The number of aliphatic hydroxyl groups is 1. The zero-order valence-corrected chi connectivity index (χ0v) is 8.64. The fraction of sp³-hybridized carbons (Fsp3) is 0.545. The SMILES string of the molecule is Cc1cc(N(C)C2CCC2O)ccn1. The first-order chi connectivity index (χ1) is 6.68. The van der Waals surface area contributed by atoms with E-state index < -0.39 is 0 Å². The molecule has 0 aromatic carbocycles. The summed E-state index contributed by atoms with van der Waals surface area (Å²) in [6, 6.07) is 4.32. The fourth-order valence-electron chi connectivity index (χ4n) is 1.86. The van der Waals surface area contributed by atoms with E-state index >= 15 is 0 Å². The van der Waals surface area contributed by atoms with Crippen LogP contribution in [0.5, 0.6) is 0 Å². The topological polar surface area (TPSA) is 36.4 Å². The van der Waals surface area contributed by atoms with E-state index in [0.29, 0.717) is 0 Å². The number of nitrogens with zero attached hydrogens (tertiary/aromatic N) is 2. The normalized spacial score (nSPS) is 25.6. The predicted molar refractivity (Wildman–Crippen MR) is 56.4 cm³/mol. The van der Waals surface area contributed by atoms with Crippen molar-refractivity contribution in [3.8, 4) is 0 Å². The van der Waals surface area contributed by atoms with Crippen molar-refractivity contribution in [3.05, 3.63) is 24.0 Å². The summed E-state index contributed by atoms with van der Waals surface area (Å²) in [6.07, 6.45) is 3.66. The largest absolute Gasteiger partial charge is 0.391 e. The number of pyridine rings is 1. The van der Waals surface area contributed by atoms with E-state index in [-0.39, 0.29) is 12.1 Å². The van der Waals surface area contributed by atoms with Crippen LogP contribution in [-0.2, 0) is 0 Å². The standard InChI is InChI=1S/C11H16N2O/c1-8-7-9(5-6-12-8)13(2)10-3-4-11(10)14/h5-7,10-11,14H,3-4H2,1-2H3. The van der Waals surface area contributed by atoms with Crippen molar-refractivity contribution in [3.63, 3.8) is 0 Å². The Balaban J connectivity index is 2.14. The molecule has 14 heavy (non-hydrogen) atoms. The van der Waals surface area contributed by atoms with Gasteiger partial charge < -0.3 is 10.0 Å². The Morgan fingerprint density at radius 3 is 2.79 bits per heavy atom. The lowest BCUT2D eigenvalue weighted by atomic mass is 9.88. The molecule has 1 aromatic rings. The van der Waals surface area contributed by atoms with E-state index in [1.165, 1.54) is 0 Å². The Hall–Kier alpha value is -1.09. The van der Waals surface area contributed by atoms with Gasteiger partial charge in [-0.15, -0.1) is 0 Å². The number of aryl methyl sites for hydroxylation is 1. The van der Waals surface area contributed by atoms with E-state index in [2.05, 4.69) is 9.88 Å². The van der Waals surface area contributed by atoms with Crippen molar-refractivity contribution in [2.45, 2.75) is 31.9 Å². The van der Waals surface area contributed by atoms with Gasteiger partial charge in [-0.05, 0) is 31.9 Å². The van der Waals surface area contributed by atoms with Crippen molar-refractivity contribution in [2.75, 3.05) is 11.9 Å². The molecule has 2 unspecified atom stereocenters. The first-order valence-electron chi connectivity index (χ1n) is 5.02. The van der Waals surface area contributed by atoms with Crippen LogP contribution in [0.25, 0.3) is 0 Å². The summed E-state index contributed by atoms with van der Waals surface area (Å²) in [6.45, 7) is 1.98. The summed E-state index contributed by atoms with van der Waals surface area (Å²) in [5.41, 5.74) is 2.16. The molecule has 1 aliphatic rings. The monoisotopic (exact) mass is 192 g/mol. The van der Waals surface area contributed by atoms with Gasteiger partial charge in [-0.2, -0.15) is 0 Å². The molecular weight excluding hydrogens is 176 g/mol. The van der Waals surface area contributed by atoms with Crippen molar-refractivity contribution >= 4 is 5.69 Å². The Bertz CT molecular complexity index is 327. The van der Waals surface area contributed by atoms with Gasteiger partial charge in [0.05, 0.1) is 12.1 Å². The molecule has 1 aliphatic carbocycles. The van der Waals surface area contributed by atoms with E-state index in [1.807, 2.05) is 32.3 Å². The molecule has 3 nitrogen and oxygen atoms in total. The van der Waals surface area contributed by atoms with Gasteiger partial charge in [0, 0.05) is 24.6 Å². The highest BCUT2D eigenvalue weighted by atomic mass is 16.3. The van der Waals surface area contributed by atoms with Gasteiger partial charge in [-0.1, -0.05) is 0 Å².